The Kier molecular flexibility index (Phi) is 3.93. The summed E-state index contributed by atoms with van der Waals surface area (Å²) in [6, 6.07) is 10.3. The van der Waals surface area contributed by atoms with Crippen molar-refractivity contribution in [1.29, 1.82) is 0 Å². The lowest BCUT2D eigenvalue weighted by atomic mass is 10.1. The van der Waals surface area contributed by atoms with E-state index in [1.54, 1.807) is 7.11 Å². The molecule has 0 saturated carbocycles. The monoisotopic (exact) mass is 302 g/mol. The Morgan fingerprint density at radius 2 is 2.19 bits per heavy atom. The molecule has 0 amide bonds. The first-order valence-corrected chi connectivity index (χ1v) is 7.49. The predicted molar refractivity (Wildman–Crippen MR) is 88.7 cm³/mol. The van der Waals surface area contributed by atoms with Crippen LogP contribution in [0.25, 0.3) is 0 Å². The molecule has 1 aliphatic heterocycles. The van der Waals surface area contributed by atoms with Gasteiger partial charge in [-0.1, -0.05) is 29.8 Å². The molecule has 0 aromatic heterocycles. The summed E-state index contributed by atoms with van der Waals surface area (Å²) < 4.78 is 5.40. The van der Waals surface area contributed by atoms with Crippen LogP contribution in [0.3, 0.4) is 0 Å². The summed E-state index contributed by atoms with van der Waals surface area (Å²) in [4.78, 5) is 0. The zero-order chi connectivity index (χ0) is 14.8. The van der Waals surface area contributed by atoms with Gasteiger partial charge in [0.1, 0.15) is 5.75 Å². The van der Waals surface area contributed by atoms with Gasteiger partial charge in [0, 0.05) is 29.9 Å². The minimum Gasteiger partial charge on any atom is -0.495 e. The van der Waals surface area contributed by atoms with Crippen LogP contribution >= 0.6 is 11.6 Å². The van der Waals surface area contributed by atoms with E-state index in [-0.39, 0.29) is 0 Å². The maximum absolute atomic E-state index is 6.14. The first kappa shape index (κ1) is 14.1. The van der Waals surface area contributed by atoms with E-state index < -0.39 is 0 Å². The number of ether oxygens (including phenoxy) is 1. The molecule has 0 aliphatic carbocycles. The Balaban J connectivity index is 1.82. The van der Waals surface area contributed by atoms with Gasteiger partial charge in [-0.05, 0) is 36.1 Å². The molecule has 0 saturated heterocycles. The molecule has 110 valence electrons. The van der Waals surface area contributed by atoms with Crippen molar-refractivity contribution in [3.05, 3.63) is 52.0 Å². The van der Waals surface area contributed by atoms with Gasteiger partial charge in [-0.15, -0.1) is 0 Å². The third kappa shape index (κ3) is 2.79. The van der Waals surface area contributed by atoms with E-state index in [0.717, 1.165) is 41.5 Å². The number of anilines is 2. The first-order chi connectivity index (χ1) is 10.2. The lowest BCUT2D eigenvalue weighted by Gasteiger charge is -2.15. The Morgan fingerprint density at radius 3 is 3.00 bits per heavy atom. The average molecular weight is 303 g/mol. The molecule has 21 heavy (non-hydrogen) atoms. The van der Waals surface area contributed by atoms with Gasteiger partial charge in [0.15, 0.2) is 0 Å². The highest BCUT2D eigenvalue weighted by Gasteiger charge is 2.14. The molecule has 1 heterocycles. The molecule has 1 aliphatic rings. The standard InChI is InChI=1S/C17H19ClN2O/c1-11-8-15(16(21-2)9-14(11)18)20-10-13-5-3-4-12-6-7-19-17(12)13/h3-5,8-9,19-20H,6-7,10H2,1-2H3. The van der Waals surface area contributed by atoms with Crippen molar-refractivity contribution in [1.82, 2.24) is 0 Å². The molecule has 3 rings (SSSR count). The van der Waals surface area contributed by atoms with Crippen molar-refractivity contribution in [2.75, 3.05) is 24.3 Å². The van der Waals surface area contributed by atoms with Crippen LogP contribution in [0.1, 0.15) is 16.7 Å². The lowest BCUT2D eigenvalue weighted by Crippen LogP contribution is -2.04. The number of benzene rings is 2. The number of methoxy groups -OCH3 is 1. The van der Waals surface area contributed by atoms with E-state index in [9.17, 15) is 0 Å². The summed E-state index contributed by atoms with van der Waals surface area (Å²) in [5, 5.41) is 7.64. The van der Waals surface area contributed by atoms with Gasteiger partial charge in [-0.2, -0.15) is 0 Å². The second-order valence-electron chi connectivity index (χ2n) is 5.28. The summed E-state index contributed by atoms with van der Waals surface area (Å²) in [6.07, 6.45) is 1.10. The van der Waals surface area contributed by atoms with Gasteiger partial charge in [0.25, 0.3) is 0 Å². The zero-order valence-electron chi connectivity index (χ0n) is 12.3. The number of para-hydroxylation sites is 1. The second-order valence-corrected chi connectivity index (χ2v) is 5.69. The molecule has 0 bridgehead atoms. The van der Waals surface area contributed by atoms with Gasteiger partial charge >= 0.3 is 0 Å². The second kappa shape index (κ2) is 5.86. The van der Waals surface area contributed by atoms with Crippen LogP contribution in [0.15, 0.2) is 30.3 Å². The average Bonchev–Trinajstić information content (AvgIpc) is 2.97. The van der Waals surface area contributed by atoms with Crippen LogP contribution in [-0.4, -0.2) is 13.7 Å². The molecule has 0 spiro atoms. The fourth-order valence-electron chi connectivity index (χ4n) is 2.72. The maximum atomic E-state index is 6.14. The van der Waals surface area contributed by atoms with Crippen molar-refractivity contribution >= 4 is 23.0 Å². The summed E-state index contributed by atoms with van der Waals surface area (Å²) >= 11 is 6.14. The number of fused-ring (bicyclic) bond motifs is 1. The molecule has 0 fully saturated rings. The molecule has 0 radical (unpaired) electrons. The van der Waals surface area contributed by atoms with E-state index in [0.29, 0.717) is 0 Å². The van der Waals surface area contributed by atoms with Gasteiger partial charge in [-0.3, -0.25) is 0 Å². The maximum Gasteiger partial charge on any atom is 0.143 e. The van der Waals surface area contributed by atoms with E-state index in [1.807, 2.05) is 19.1 Å². The lowest BCUT2D eigenvalue weighted by molar-refractivity contribution is 0.416. The first-order valence-electron chi connectivity index (χ1n) is 7.11. The van der Waals surface area contributed by atoms with E-state index in [1.165, 1.54) is 16.8 Å². The van der Waals surface area contributed by atoms with E-state index in [2.05, 4.69) is 28.8 Å². The van der Waals surface area contributed by atoms with Crippen LogP contribution in [0.5, 0.6) is 5.75 Å². The molecule has 2 N–H and O–H groups in total. The summed E-state index contributed by atoms with van der Waals surface area (Å²) in [5.41, 5.74) is 5.95. The van der Waals surface area contributed by atoms with Crippen LogP contribution in [0, 0.1) is 6.92 Å². The van der Waals surface area contributed by atoms with Crippen molar-refractivity contribution in [2.45, 2.75) is 19.9 Å². The molecule has 3 nitrogen and oxygen atoms in total. The molecular formula is C17H19ClN2O. The highest BCUT2D eigenvalue weighted by Crippen LogP contribution is 2.32. The van der Waals surface area contributed by atoms with Crippen molar-refractivity contribution < 1.29 is 4.74 Å². The molecule has 4 heteroatoms. The number of rotatable bonds is 4. The number of aryl methyl sites for hydroxylation is 1. The number of halogens is 1. The summed E-state index contributed by atoms with van der Waals surface area (Å²) in [5.74, 6) is 0.770. The SMILES string of the molecule is COc1cc(Cl)c(C)cc1NCc1cccc2c1NCC2. The summed E-state index contributed by atoms with van der Waals surface area (Å²) in [7, 11) is 1.66. The third-order valence-corrected chi connectivity index (χ3v) is 4.29. The smallest absolute Gasteiger partial charge is 0.143 e. The highest BCUT2D eigenvalue weighted by atomic mass is 35.5. The largest absolute Gasteiger partial charge is 0.495 e. The van der Waals surface area contributed by atoms with Crippen LogP contribution in [0.4, 0.5) is 11.4 Å². The Labute approximate surface area is 130 Å². The molecule has 2 aromatic carbocycles. The van der Waals surface area contributed by atoms with Crippen LogP contribution in [-0.2, 0) is 13.0 Å². The van der Waals surface area contributed by atoms with Crippen molar-refractivity contribution in [3.63, 3.8) is 0 Å². The number of hydrogen-bond acceptors (Lipinski definition) is 3. The topological polar surface area (TPSA) is 33.3 Å². The molecular weight excluding hydrogens is 284 g/mol. The molecule has 0 unspecified atom stereocenters. The third-order valence-electron chi connectivity index (χ3n) is 3.88. The Bertz CT molecular complexity index is 670. The zero-order valence-corrected chi connectivity index (χ0v) is 13.1. The predicted octanol–water partition coefficient (Wildman–Crippen LogP) is 4.24. The fraction of sp³-hybridized carbons (Fsp3) is 0.294. The Hall–Kier alpha value is -1.87. The minimum atomic E-state index is 0.722. The van der Waals surface area contributed by atoms with Crippen molar-refractivity contribution in [3.8, 4) is 5.75 Å². The van der Waals surface area contributed by atoms with Crippen LogP contribution in [0.2, 0.25) is 5.02 Å². The molecule has 2 aromatic rings. The normalized spacial score (nSPS) is 12.7. The van der Waals surface area contributed by atoms with Crippen LogP contribution < -0.4 is 15.4 Å². The number of hydrogen-bond donors (Lipinski definition) is 2. The van der Waals surface area contributed by atoms with E-state index >= 15 is 0 Å². The van der Waals surface area contributed by atoms with Gasteiger partial charge in [0.05, 0.1) is 12.8 Å². The van der Waals surface area contributed by atoms with Crippen molar-refractivity contribution in [2.24, 2.45) is 0 Å². The van der Waals surface area contributed by atoms with Gasteiger partial charge < -0.3 is 15.4 Å². The van der Waals surface area contributed by atoms with Gasteiger partial charge in [0.2, 0.25) is 0 Å². The fourth-order valence-corrected chi connectivity index (χ4v) is 2.87. The molecule has 0 atom stereocenters. The van der Waals surface area contributed by atoms with E-state index in [4.69, 9.17) is 16.3 Å². The highest BCUT2D eigenvalue weighted by molar-refractivity contribution is 6.31. The van der Waals surface area contributed by atoms with Gasteiger partial charge in [-0.25, -0.2) is 0 Å². The Morgan fingerprint density at radius 1 is 1.33 bits per heavy atom. The summed E-state index contributed by atoms with van der Waals surface area (Å²) in [6.45, 7) is 3.78. The quantitative estimate of drug-likeness (QED) is 0.886. The number of nitrogens with one attached hydrogen (secondary N) is 2. The minimum absolute atomic E-state index is 0.722.